The first kappa shape index (κ1) is 18.7. The first-order chi connectivity index (χ1) is 13.4. The molecule has 0 radical (unpaired) electrons. The van der Waals surface area contributed by atoms with E-state index in [0.29, 0.717) is 22.3 Å². The average Bonchev–Trinajstić information content (AvgIpc) is 2.73. The molecule has 6 heteroatoms. The number of carboxylic acid groups (broad SMARTS) is 2. The second-order valence-corrected chi connectivity index (χ2v) is 6.00. The van der Waals surface area contributed by atoms with Gasteiger partial charge in [-0.05, 0) is 24.3 Å². The van der Waals surface area contributed by atoms with Crippen molar-refractivity contribution in [3.63, 3.8) is 0 Å². The Bertz CT molecular complexity index is 973. The molecule has 0 aliphatic carbocycles. The normalized spacial score (nSPS) is 10.3. The fraction of sp³-hybridized carbons (Fsp3) is 0. The lowest BCUT2D eigenvalue weighted by Gasteiger charge is -2.05. The number of carbonyl (C=O) groups is 4. The van der Waals surface area contributed by atoms with Crippen LogP contribution in [-0.2, 0) is 0 Å². The Morgan fingerprint density at radius 3 is 0.750 bits per heavy atom. The predicted octanol–water partition coefficient (Wildman–Crippen LogP) is 3.55. The highest BCUT2D eigenvalue weighted by atomic mass is 16.4. The molecule has 6 nitrogen and oxygen atoms in total. The van der Waals surface area contributed by atoms with Gasteiger partial charge in [-0.1, -0.05) is 48.5 Å². The maximum absolute atomic E-state index is 12.5. The summed E-state index contributed by atoms with van der Waals surface area (Å²) >= 11 is 0. The maximum Gasteiger partial charge on any atom is 0.335 e. The van der Waals surface area contributed by atoms with Gasteiger partial charge in [-0.2, -0.15) is 0 Å². The highest BCUT2D eigenvalue weighted by Crippen LogP contribution is 2.16. The van der Waals surface area contributed by atoms with Crippen LogP contribution in [-0.4, -0.2) is 33.7 Å². The summed E-state index contributed by atoms with van der Waals surface area (Å²) in [4.78, 5) is 46.7. The fourth-order valence-electron chi connectivity index (χ4n) is 2.63. The summed E-state index contributed by atoms with van der Waals surface area (Å²) in [5.74, 6) is -2.72. The van der Waals surface area contributed by atoms with Crippen molar-refractivity contribution in [1.29, 1.82) is 0 Å². The number of aromatic carboxylic acids is 2. The van der Waals surface area contributed by atoms with Crippen molar-refractivity contribution in [3.8, 4) is 0 Å². The first-order valence-corrected chi connectivity index (χ1v) is 8.23. The number of benzene rings is 3. The van der Waals surface area contributed by atoms with Crippen LogP contribution in [0.3, 0.4) is 0 Å². The van der Waals surface area contributed by atoms with Gasteiger partial charge in [0.15, 0.2) is 11.6 Å². The Hall–Kier alpha value is -4.06. The monoisotopic (exact) mass is 374 g/mol. The van der Waals surface area contributed by atoms with E-state index in [9.17, 15) is 19.2 Å². The van der Waals surface area contributed by atoms with Crippen LogP contribution in [0, 0.1) is 0 Å². The summed E-state index contributed by atoms with van der Waals surface area (Å²) in [6, 6.07) is 17.3. The molecule has 0 saturated heterocycles. The van der Waals surface area contributed by atoms with E-state index in [1.165, 1.54) is 72.8 Å². The molecular weight excluding hydrogens is 360 g/mol. The van der Waals surface area contributed by atoms with E-state index >= 15 is 0 Å². The second-order valence-electron chi connectivity index (χ2n) is 6.00. The molecule has 138 valence electrons. The summed E-state index contributed by atoms with van der Waals surface area (Å²) in [5, 5.41) is 17.8. The van der Waals surface area contributed by atoms with Gasteiger partial charge in [0.05, 0.1) is 11.1 Å². The van der Waals surface area contributed by atoms with Crippen LogP contribution < -0.4 is 0 Å². The number of carboxylic acids is 2. The molecule has 0 aliphatic rings. The van der Waals surface area contributed by atoms with Crippen molar-refractivity contribution in [2.45, 2.75) is 0 Å². The molecule has 0 bridgehead atoms. The third kappa shape index (κ3) is 3.86. The van der Waals surface area contributed by atoms with Gasteiger partial charge in [0.2, 0.25) is 0 Å². The van der Waals surface area contributed by atoms with Crippen LogP contribution in [0.4, 0.5) is 0 Å². The Balaban J connectivity index is 1.78. The number of hydrogen-bond acceptors (Lipinski definition) is 4. The molecule has 0 aliphatic heterocycles. The third-order valence-corrected chi connectivity index (χ3v) is 4.20. The Labute approximate surface area is 159 Å². The number of ketones is 2. The molecule has 3 aromatic rings. The molecule has 3 aromatic carbocycles. The third-order valence-electron chi connectivity index (χ3n) is 4.20. The second kappa shape index (κ2) is 7.67. The van der Waals surface area contributed by atoms with E-state index in [1.807, 2.05) is 0 Å². The van der Waals surface area contributed by atoms with Crippen molar-refractivity contribution in [2.75, 3.05) is 0 Å². The standard InChI is InChI=1S/C22H14O6/c23-19(15-5-9-17(10-6-15)21(25)26)13-1-2-14(4-3-13)20(24)16-7-11-18(12-8-16)22(27)28/h1-12H,(H,25,26)(H,27,28). The van der Waals surface area contributed by atoms with E-state index in [0.717, 1.165) is 0 Å². The van der Waals surface area contributed by atoms with Crippen LogP contribution >= 0.6 is 0 Å². The largest absolute Gasteiger partial charge is 0.478 e. The molecule has 2 N–H and O–H groups in total. The lowest BCUT2D eigenvalue weighted by Crippen LogP contribution is -2.05. The topological polar surface area (TPSA) is 109 Å². The van der Waals surface area contributed by atoms with Crippen LogP contribution in [0.25, 0.3) is 0 Å². The molecule has 0 saturated carbocycles. The molecule has 0 aromatic heterocycles. The van der Waals surface area contributed by atoms with Crippen LogP contribution in [0.1, 0.15) is 52.6 Å². The molecule has 0 fully saturated rings. The van der Waals surface area contributed by atoms with Gasteiger partial charge < -0.3 is 10.2 Å². The zero-order valence-electron chi connectivity index (χ0n) is 14.5. The van der Waals surface area contributed by atoms with E-state index in [1.54, 1.807) is 0 Å². The minimum Gasteiger partial charge on any atom is -0.478 e. The Morgan fingerprint density at radius 1 is 0.393 bits per heavy atom. The molecule has 0 spiro atoms. The lowest BCUT2D eigenvalue weighted by molar-refractivity contribution is 0.0686. The highest BCUT2D eigenvalue weighted by molar-refractivity contribution is 6.12. The van der Waals surface area contributed by atoms with E-state index in [4.69, 9.17) is 10.2 Å². The molecule has 0 amide bonds. The SMILES string of the molecule is O=C(O)c1ccc(C(=O)c2ccc(C(=O)c3ccc(C(=O)O)cc3)cc2)cc1. The van der Waals surface area contributed by atoms with Crippen LogP contribution in [0.5, 0.6) is 0 Å². The Kier molecular flexibility index (Phi) is 5.13. The summed E-state index contributed by atoms with van der Waals surface area (Å²) < 4.78 is 0. The van der Waals surface area contributed by atoms with Gasteiger partial charge >= 0.3 is 11.9 Å². The quantitative estimate of drug-likeness (QED) is 0.639. The maximum atomic E-state index is 12.5. The molecule has 0 atom stereocenters. The number of carbonyl (C=O) groups excluding carboxylic acids is 2. The minimum absolute atomic E-state index is 0.0893. The molecule has 3 rings (SSSR count). The van der Waals surface area contributed by atoms with Crippen molar-refractivity contribution in [2.24, 2.45) is 0 Å². The van der Waals surface area contributed by atoms with Gasteiger partial charge in [0.25, 0.3) is 0 Å². The van der Waals surface area contributed by atoms with E-state index < -0.39 is 11.9 Å². The van der Waals surface area contributed by atoms with Crippen molar-refractivity contribution in [3.05, 3.63) is 106 Å². The average molecular weight is 374 g/mol. The van der Waals surface area contributed by atoms with Gasteiger partial charge in [-0.3, -0.25) is 9.59 Å². The molecule has 0 heterocycles. The summed E-state index contributed by atoms with van der Waals surface area (Å²) in [6.45, 7) is 0. The molecule has 28 heavy (non-hydrogen) atoms. The van der Waals surface area contributed by atoms with Crippen molar-refractivity contribution in [1.82, 2.24) is 0 Å². The highest BCUT2D eigenvalue weighted by Gasteiger charge is 2.14. The molecular formula is C22H14O6. The number of rotatable bonds is 6. The zero-order valence-corrected chi connectivity index (χ0v) is 14.5. The van der Waals surface area contributed by atoms with Gasteiger partial charge in [0.1, 0.15) is 0 Å². The summed E-state index contributed by atoms with van der Waals surface area (Å²) in [5.41, 5.74) is 1.58. The van der Waals surface area contributed by atoms with E-state index in [-0.39, 0.29) is 22.7 Å². The van der Waals surface area contributed by atoms with Gasteiger partial charge in [-0.25, -0.2) is 9.59 Å². The minimum atomic E-state index is -1.07. The van der Waals surface area contributed by atoms with Crippen molar-refractivity contribution >= 4 is 23.5 Å². The molecule has 0 unspecified atom stereocenters. The summed E-state index contributed by atoms with van der Waals surface area (Å²) in [7, 11) is 0. The van der Waals surface area contributed by atoms with Crippen molar-refractivity contribution < 1.29 is 29.4 Å². The lowest BCUT2D eigenvalue weighted by atomic mass is 9.98. The van der Waals surface area contributed by atoms with Gasteiger partial charge in [-0.15, -0.1) is 0 Å². The summed E-state index contributed by atoms with van der Waals surface area (Å²) in [6.07, 6.45) is 0. The van der Waals surface area contributed by atoms with Gasteiger partial charge in [0, 0.05) is 22.3 Å². The smallest absolute Gasteiger partial charge is 0.335 e. The Morgan fingerprint density at radius 2 is 0.571 bits per heavy atom. The fourth-order valence-corrected chi connectivity index (χ4v) is 2.63. The zero-order chi connectivity index (χ0) is 20.3. The first-order valence-electron chi connectivity index (χ1n) is 8.23. The van der Waals surface area contributed by atoms with Crippen LogP contribution in [0.2, 0.25) is 0 Å². The van der Waals surface area contributed by atoms with E-state index in [2.05, 4.69) is 0 Å². The number of hydrogen-bond donors (Lipinski definition) is 2. The van der Waals surface area contributed by atoms with Crippen LogP contribution in [0.15, 0.2) is 72.8 Å². The predicted molar refractivity (Wildman–Crippen MR) is 100 cm³/mol.